The average Bonchev–Trinajstić information content (AvgIpc) is 0. The Kier molecular flexibility index (Phi) is 32300. The van der Waals surface area contributed by atoms with Crippen LogP contribution in [-0.4, -0.2) is 329 Å². The fourth-order valence-corrected chi connectivity index (χ4v) is 0. The normalized spacial score (nSPS) is 0. The third-order valence-corrected chi connectivity index (χ3v) is 0. The third kappa shape index (κ3) is 1740. The molecular weight excluding hydrogens is 1880 g/mol. The molecule has 0 aliphatic rings. The predicted molar refractivity (Wildman–Crippen MR) is 150 cm³/mol. The molecule has 0 aromatic rings. The summed E-state index contributed by atoms with van der Waals surface area (Å²) in [5.41, 5.74) is 0. The van der Waals surface area contributed by atoms with Gasteiger partial charge in [-0.15, -0.1) is 0 Å². The van der Waals surface area contributed by atoms with E-state index in [4.69, 9.17) is 0 Å². The van der Waals surface area contributed by atoms with Crippen molar-refractivity contribution in [3.63, 3.8) is 0 Å². The molecule has 0 aliphatic heterocycles. The van der Waals surface area contributed by atoms with E-state index in [1.807, 2.05) is 0 Å². The minimum Gasteiger partial charge on any atom is -0.870 e. The zero-order valence-electron chi connectivity index (χ0n) is 67.9. The van der Waals surface area contributed by atoms with Crippen LogP contribution in [-0.2, 0) is 0 Å². The standard InChI is InChI=1S/40Na.60H2O/h;;;;;;;;;;;;;;;;;;;;;;;;;;;;;;;;;;;;;;;;60*1H2/q40*+1;;;;;;;;;;;;;;;;;;;;;;;;;;;;;;;;;;;;;;;;;;;;;;;;;;;;;;;;;;;;/p-40. The van der Waals surface area contributed by atoms with Crippen LogP contribution >= 0.6 is 0 Å². The summed E-state index contributed by atoms with van der Waals surface area (Å²) in [6, 6.07) is 0. The summed E-state index contributed by atoms with van der Waals surface area (Å²) in [5.74, 6) is 0. The molecule has 0 radical (unpaired) electrons. The first-order valence-electron chi connectivity index (χ1n) is 0. The Bertz CT molecular complexity index is 97.1. The second kappa shape index (κ2) is 1780. The van der Waals surface area contributed by atoms with Crippen molar-refractivity contribution in [3.05, 3.63) is 0 Å². The van der Waals surface area contributed by atoms with Crippen molar-refractivity contribution in [2.24, 2.45) is 0 Å². The topological polar surface area (TPSA) is 1830 Å². The van der Waals surface area contributed by atoms with Gasteiger partial charge in [0, 0.05) is 0 Å². The summed E-state index contributed by atoms with van der Waals surface area (Å²) in [6.07, 6.45) is 0. The van der Waals surface area contributed by atoms with Gasteiger partial charge in [-0.05, 0) is 0 Å². The molecule has 80 N–H and O–H groups in total. The Hall–Kier alpha value is 37.6. The van der Waals surface area contributed by atoms with Crippen LogP contribution in [0.4, 0.5) is 0 Å². The van der Waals surface area contributed by atoms with E-state index in [-0.39, 0.29) is 1510 Å². The van der Waals surface area contributed by atoms with Crippen molar-refractivity contribution < 1.29 is 1510 Å². The van der Waals surface area contributed by atoms with Crippen LogP contribution in [0.15, 0.2) is 0 Å². The van der Waals surface area contributed by atoms with Crippen LogP contribution in [0.25, 0.3) is 0 Å². The van der Waals surface area contributed by atoms with Crippen LogP contribution < -0.4 is 1180 Å². The number of hydrogen-bond acceptors (Lipinski definition) is 40. The van der Waals surface area contributed by atoms with Gasteiger partial charge in [0.1, 0.15) is 0 Å². The van der Waals surface area contributed by atoms with Crippen LogP contribution in [0.1, 0.15) is 0 Å². The Balaban J connectivity index is 0. The van der Waals surface area contributed by atoms with Gasteiger partial charge < -0.3 is 329 Å². The molecule has 0 bridgehead atoms. The Labute approximate surface area is 1470 Å². The molecule has 0 unspecified atom stereocenters. The van der Waals surface area contributed by atoms with E-state index in [1.165, 1.54) is 0 Å². The molecule has 100 heteroatoms. The fourth-order valence-electron chi connectivity index (χ4n) is 0. The first-order valence-corrected chi connectivity index (χ1v) is 0. The van der Waals surface area contributed by atoms with Gasteiger partial charge >= 0.3 is 1180 Å². The van der Waals surface area contributed by atoms with E-state index in [9.17, 15) is 0 Å². The van der Waals surface area contributed by atoms with Gasteiger partial charge in [-0.3, -0.25) is 0 Å². The van der Waals surface area contributed by atoms with E-state index in [2.05, 4.69) is 0 Å². The summed E-state index contributed by atoms with van der Waals surface area (Å²) in [6.45, 7) is 0. The van der Waals surface area contributed by atoms with Crippen molar-refractivity contribution in [1.29, 1.82) is 0 Å². The number of rotatable bonds is 0. The van der Waals surface area contributed by atoms with Gasteiger partial charge in [0.05, 0.1) is 0 Å². The first-order chi connectivity index (χ1) is 0. The molecule has 0 saturated heterocycles. The zero-order valence-corrected chi connectivity index (χ0v) is 148. The van der Waals surface area contributed by atoms with Crippen molar-refractivity contribution >= 4 is 0 Å². The van der Waals surface area contributed by atoms with Crippen LogP contribution in [0.2, 0.25) is 0 Å². The van der Waals surface area contributed by atoms with Crippen LogP contribution in [0.3, 0.4) is 0 Å². The minimum absolute atomic E-state index is 0. The Morgan fingerprint density at radius 2 is 0.0300 bits per heavy atom. The molecule has 0 fully saturated rings. The molecule has 0 aromatic carbocycles. The molecule has 480 valence electrons. The number of hydrogen-bond donors (Lipinski definition) is 0. The van der Waals surface area contributed by atoms with Gasteiger partial charge in [-0.25, -0.2) is 0 Å². The molecule has 0 heterocycles. The predicted octanol–water partition coefficient (Wildman–Crippen LogP) is -143. The van der Waals surface area contributed by atoms with E-state index in [0.717, 1.165) is 0 Å². The summed E-state index contributed by atoms with van der Waals surface area (Å²) in [4.78, 5) is 0. The van der Waals surface area contributed by atoms with Gasteiger partial charge in [-0.1, -0.05) is 0 Å². The average molecular weight is 1960 g/mol. The first kappa shape index (κ1) is 1820. The smallest absolute Gasteiger partial charge is 0.870 e. The maximum absolute atomic E-state index is 0. The van der Waals surface area contributed by atoms with Crippen molar-refractivity contribution in [1.82, 2.24) is 0 Å². The van der Waals surface area contributed by atoms with Crippen LogP contribution in [0.5, 0.6) is 0 Å². The van der Waals surface area contributed by atoms with E-state index >= 15 is 0 Å². The van der Waals surface area contributed by atoms with E-state index < -0.39 is 0 Å². The molecule has 60 nitrogen and oxygen atoms in total. The van der Waals surface area contributed by atoms with Crippen molar-refractivity contribution in [2.45, 2.75) is 0 Å². The molecule has 0 saturated carbocycles. The molecule has 0 atom stereocenters. The fraction of sp³-hybridized carbons (Fsp3) is 0. The van der Waals surface area contributed by atoms with Crippen molar-refractivity contribution in [2.75, 3.05) is 0 Å². The maximum atomic E-state index is 0. The molecule has 100 heavy (non-hydrogen) atoms. The SMILES string of the molecule is O.O.O.O.O.O.O.O.O.O.O.O.O.O.O.O.O.O.O.O.[Na+].[Na+].[Na+].[Na+].[Na+].[Na+].[Na+].[Na+].[Na+].[Na+].[Na+].[Na+].[Na+].[Na+].[Na+].[Na+].[Na+].[Na+].[Na+].[Na+].[Na+].[Na+].[Na+].[Na+].[Na+].[Na+].[Na+].[Na+].[Na+].[Na+].[Na+].[Na+].[Na+].[Na+].[Na+].[Na+].[Na+].[Na+].[Na+].[Na+].[OH-].[OH-].[OH-].[OH-].[OH-].[OH-].[OH-].[OH-].[OH-].[OH-].[OH-].[OH-].[OH-].[OH-].[OH-].[OH-].[OH-].[OH-].[OH-].[OH-].[OH-].[OH-].[OH-].[OH-].[OH-].[OH-].[OH-].[OH-].[OH-].[OH-].[OH-].[OH-].[OH-].[OH-].[OH-].[OH-].[OH-].[OH-].[OH-].[OH-]. The monoisotopic (exact) mass is 1960 g/mol. The van der Waals surface area contributed by atoms with Gasteiger partial charge in [0.25, 0.3) is 0 Å². The second-order valence-corrected chi connectivity index (χ2v) is 0. The van der Waals surface area contributed by atoms with Gasteiger partial charge in [0.15, 0.2) is 0 Å². The quantitative estimate of drug-likeness (QED) is 0.203. The summed E-state index contributed by atoms with van der Waals surface area (Å²) in [7, 11) is 0. The second-order valence-electron chi connectivity index (χ2n) is 0. The minimum atomic E-state index is 0. The van der Waals surface area contributed by atoms with Crippen LogP contribution in [0, 0.1) is 0 Å². The summed E-state index contributed by atoms with van der Waals surface area (Å²) < 4.78 is 0. The molecule has 0 aromatic heterocycles. The van der Waals surface area contributed by atoms with Gasteiger partial charge in [0.2, 0.25) is 0 Å². The summed E-state index contributed by atoms with van der Waals surface area (Å²) >= 11 is 0. The van der Waals surface area contributed by atoms with Gasteiger partial charge in [-0.2, -0.15) is 0 Å². The molecule has 0 amide bonds. The molecule has 0 spiro atoms. The maximum Gasteiger partial charge on any atom is 1.00 e. The van der Waals surface area contributed by atoms with E-state index in [1.54, 1.807) is 0 Å². The molecular formula is H80Na40O60. The zero-order chi connectivity index (χ0) is 0. The molecule has 0 rings (SSSR count). The molecule has 0 aliphatic carbocycles. The summed E-state index contributed by atoms with van der Waals surface area (Å²) in [5, 5.41) is 0. The Morgan fingerprint density at radius 1 is 0.0300 bits per heavy atom. The Morgan fingerprint density at radius 3 is 0.0300 bits per heavy atom. The largest absolute Gasteiger partial charge is 1.00 e. The van der Waals surface area contributed by atoms with Crippen molar-refractivity contribution in [3.8, 4) is 0 Å². The third-order valence-electron chi connectivity index (χ3n) is 0. The van der Waals surface area contributed by atoms with E-state index in [0.29, 0.717) is 0 Å².